The van der Waals surface area contributed by atoms with Crippen molar-refractivity contribution in [2.75, 3.05) is 13.2 Å². The van der Waals surface area contributed by atoms with Crippen molar-refractivity contribution in [3.63, 3.8) is 0 Å². The number of fused-ring (bicyclic) bond motifs is 1. The molecule has 0 radical (unpaired) electrons. The van der Waals surface area contributed by atoms with Gasteiger partial charge in [-0.3, -0.25) is 24.1 Å². The summed E-state index contributed by atoms with van der Waals surface area (Å²) < 4.78 is 6.97. The van der Waals surface area contributed by atoms with Gasteiger partial charge in [0.2, 0.25) is 17.6 Å². The van der Waals surface area contributed by atoms with Crippen molar-refractivity contribution in [3.05, 3.63) is 23.0 Å². The van der Waals surface area contributed by atoms with Crippen LogP contribution in [0.3, 0.4) is 0 Å². The second-order valence-corrected chi connectivity index (χ2v) is 7.50. The van der Waals surface area contributed by atoms with Gasteiger partial charge in [0.15, 0.2) is 6.61 Å². The van der Waals surface area contributed by atoms with Crippen LogP contribution in [0, 0.1) is 25.7 Å². The minimum atomic E-state index is -0.580. The van der Waals surface area contributed by atoms with E-state index in [1.165, 1.54) is 4.90 Å². The van der Waals surface area contributed by atoms with E-state index in [4.69, 9.17) is 4.74 Å². The molecule has 2 heterocycles. The Bertz CT molecular complexity index is 771. The smallest absolute Gasteiger partial charge is 0.308 e. The van der Waals surface area contributed by atoms with Crippen LogP contribution < -0.4 is 0 Å². The van der Waals surface area contributed by atoms with Gasteiger partial charge in [-0.05, 0) is 32.8 Å². The van der Waals surface area contributed by atoms with Crippen LogP contribution in [-0.2, 0) is 26.2 Å². The van der Waals surface area contributed by atoms with Crippen LogP contribution in [-0.4, -0.2) is 46.2 Å². The third kappa shape index (κ3) is 3.68. The molecular formula is C20H26N2O5. The molecule has 7 heteroatoms. The summed E-state index contributed by atoms with van der Waals surface area (Å²) in [6.07, 6.45) is 3.35. The van der Waals surface area contributed by atoms with E-state index in [1.807, 2.05) is 25.5 Å². The van der Waals surface area contributed by atoms with Crippen molar-refractivity contribution in [3.8, 4) is 0 Å². The normalized spacial score (nSPS) is 22.1. The summed E-state index contributed by atoms with van der Waals surface area (Å²) in [6.45, 7) is 3.43. The highest BCUT2D eigenvalue weighted by molar-refractivity contribution is 6.05. The van der Waals surface area contributed by atoms with Crippen molar-refractivity contribution >= 4 is 23.6 Å². The van der Waals surface area contributed by atoms with E-state index in [2.05, 4.69) is 0 Å². The van der Waals surface area contributed by atoms with E-state index in [9.17, 15) is 19.2 Å². The molecule has 2 aliphatic rings. The molecule has 146 valence electrons. The van der Waals surface area contributed by atoms with Crippen molar-refractivity contribution in [1.82, 2.24) is 9.47 Å². The lowest BCUT2D eigenvalue weighted by Gasteiger charge is -2.19. The molecule has 1 aromatic rings. The topological polar surface area (TPSA) is 85.7 Å². The highest BCUT2D eigenvalue weighted by atomic mass is 16.5. The summed E-state index contributed by atoms with van der Waals surface area (Å²) in [5.41, 5.74) is 2.32. The number of ether oxygens (including phenoxy) is 1. The van der Waals surface area contributed by atoms with Gasteiger partial charge >= 0.3 is 5.97 Å². The van der Waals surface area contributed by atoms with Crippen molar-refractivity contribution in [2.24, 2.45) is 18.9 Å². The number of carbonyl (C=O) groups is 4. The Morgan fingerprint density at radius 3 is 2.22 bits per heavy atom. The van der Waals surface area contributed by atoms with Gasteiger partial charge in [-0.2, -0.15) is 0 Å². The van der Waals surface area contributed by atoms with E-state index < -0.39 is 5.97 Å². The Hall–Kier alpha value is -2.44. The number of Topliss-reactive ketones (excluding diaryl/α,β-unsaturated/α-hetero) is 1. The first kappa shape index (κ1) is 19.3. The number of hydrogen-bond donors (Lipinski definition) is 0. The number of nitrogens with zero attached hydrogens (tertiary/aromatic N) is 2. The van der Waals surface area contributed by atoms with Crippen LogP contribution in [0.4, 0.5) is 0 Å². The van der Waals surface area contributed by atoms with Crippen molar-refractivity contribution in [2.45, 2.75) is 46.0 Å². The maximum absolute atomic E-state index is 12.4. The first-order valence-corrected chi connectivity index (χ1v) is 9.48. The standard InChI is InChI=1S/C20H26N2O5/c1-12-10-16(13(2)21(12)3)17(23)11-27-18(24)8-9-22-19(25)14-6-4-5-7-15(14)20(22)26/h10,14-15H,4-9,11H2,1-3H3/t14-,15-/m0/s1. The van der Waals surface area contributed by atoms with E-state index in [0.29, 0.717) is 5.56 Å². The SMILES string of the molecule is Cc1cc(C(=O)COC(=O)CCN2C(=O)[C@H]3CCCC[C@@H]3C2=O)c(C)n1C. The van der Waals surface area contributed by atoms with Crippen LogP contribution >= 0.6 is 0 Å². The monoisotopic (exact) mass is 374 g/mol. The molecule has 0 spiro atoms. The zero-order chi connectivity index (χ0) is 19.7. The van der Waals surface area contributed by atoms with Crippen LogP contribution in [0.2, 0.25) is 0 Å². The zero-order valence-electron chi connectivity index (χ0n) is 16.1. The van der Waals surface area contributed by atoms with E-state index in [-0.39, 0.29) is 49.0 Å². The maximum Gasteiger partial charge on any atom is 0.308 e. The summed E-state index contributed by atoms with van der Waals surface area (Å²) >= 11 is 0. The largest absolute Gasteiger partial charge is 0.457 e. The fraction of sp³-hybridized carbons (Fsp3) is 0.600. The van der Waals surface area contributed by atoms with Crippen LogP contribution in [0.15, 0.2) is 6.07 Å². The van der Waals surface area contributed by atoms with Gasteiger partial charge in [0, 0.05) is 30.5 Å². The average Bonchev–Trinajstić information content (AvgIpc) is 3.06. The second kappa shape index (κ2) is 7.66. The number of likely N-dealkylation sites (tertiary alicyclic amines) is 1. The molecule has 2 fully saturated rings. The minimum Gasteiger partial charge on any atom is -0.457 e. The van der Waals surface area contributed by atoms with Gasteiger partial charge < -0.3 is 9.30 Å². The van der Waals surface area contributed by atoms with Gasteiger partial charge in [0.1, 0.15) is 0 Å². The predicted octanol–water partition coefficient (Wildman–Crippen LogP) is 1.93. The lowest BCUT2D eigenvalue weighted by atomic mass is 9.81. The fourth-order valence-corrected chi connectivity index (χ4v) is 4.09. The van der Waals surface area contributed by atoms with Crippen LogP contribution in [0.25, 0.3) is 0 Å². The lowest BCUT2D eigenvalue weighted by molar-refractivity contribution is -0.145. The van der Waals surface area contributed by atoms with Crippen molar-refractivity contribution in [1.29, 1.82) is 0 Å². The number of aromatic nitrogens is 1. The lowest BCUT2D eigenvalue weighted by Crippen LogP contribution is -2.33. The Kier molecular flexibility index (Phi) is 5.48. The van der Waals surface area contributed by atoms with Gasteiger partial charge in [-0.15, -0.1) is 0 Å². The van der Waals surface area contributed by atoms with Crippen LogP contribution in [0.5, 0.6) is 0 Å². The molecular weight excluding hydrogens is 348 g/mol. The van der Waals surface area contributed by atoms with E-state index >= 15 is 0 Å². The summed E-state index contributed by atoms with van der Waals surface area (Å²) in [5.74, 6) is -1.60. The highest BCUT2D eigenvalue weighted by Crippen LogP contribution is 2.37. The molecule has 0 bridgehead atoms. The molecule has 1 aliphatic carbocycles. The van der Waals surface area contributed by atoms with Gasteiger partial charge in [-0.25, -0.2) is 0 Å². The summed E-state index contributed by atoms with van der Waals surface area (Å²) in [4.78, 5) is 50.2. The molecule has 7 nitrogen and oxygen atoms in total. The Balaban J connectivity index is 1.50. The molecule has 1 aromatic heterocycles. The molecule has 1 saturated carbocycles. The number of rotatable bonds is 6. The third-order valence-corrected chi connectivity index (χ3v) is 5.91. The number of hydrogen-bond acceptors (Lipinski definition) is 5. The van der Waals surface area contributed by atoms with E-state index in [1.54, 1.807) is 6.07 Å². The number of aryl methyl sites for hydroxylation is 1. The third-order valence-electron chi connectivity index (χ3n) is 5.91. The molecule has 0 unspecified atom stereocenters. The highest BCUT2D eigenvalue weighted by Gasteiger charge is 2.47. The van der Waals surface area contributed by atoms with Gasteiger partial charge in [-0.1, -0.05) is 12.8 Å². The molecule has 1 saturated heterocycles. The first-order chi connectivity index (χ1) is 12.8. The quantitative estimate of drug-likeness (QED) is 0.431. The Morgan fingerprint density at radius 2 is 1.70 bits per heavy atom. The molecule has 2 amide bonds. The number of amides is 2. The van der Waals surface area contributed by atoms with Gasteiger partial charge in [0.25, 0.3) is 0 Å². The maximum atomic E-state index is 12.4. The predicted molar refractivity (Wildman–Crippen MR) is 97.0 cm³/mol. The number of esters is 1. The average molecular weight is 374 g/mol. The molecule has 3 rings (SSSR count). The summed E-state index contributed by atoms with van der Waals surface area (Å²) in [6, 6.07) is 1.77. The molecule has 0 aromatic carbocycles. The minimum absolute atomic E-state index is 0.0289. The fourth-order valence-electron chi connectivity index (χ4n) is 4.09. The Labute approximate surface area is 158 Å². The van der Waals surface area contributed by atoms with E-state index in [0.717, 1.165) is 37.1 Å². The zero-order valence-corrected chi connectivity index (χ0v) is 16.1. The molecule has 0 N–H and O–H groups in total. The number of ketones is 1. The number of carbonyl (C=O) groups excluding carboxylic acids is 4. The summed E-state index contributed by atoms with van der Waals surface area (Å²) in [5, 5.41) is 0. The van der Waals surface area contributed by atoms with Gasteiger partial charge in [0.05, 0.1) is 18.3 Å². The molecule has 27 heavy (non-hydrogen) atoms. The molecule has 1 aliphatic heterocycles. The van der Waals surface area contributed by atoms with Crippen molar-refractivity contribution < 1.29 is 23.9 Å². The Morgan fingerprint density at radius 1 is 1.11 bits per heavy atom. The first-order valence-electron chi connectivity index (χ1n) is 9.48. The van der Waals surface area contributed by atoms with Crippen LogP contribution in [0.1, 0.15) is 53.8 Å². The number of imide groups is 1. The molecule has 2 atom stereocenters. The second-order valence-electron chi connectivity index (χ2n) is 7.50. The summed E-state index contributed by atoms with van der Waals surface area (Å²) in [7, 11) is 1.87.